The van der Waals surface area contributed by atoms with Crippen molar-refractivity contribution in [1.29, 1.82) is 0 Å². The lowest BCUT2D eigenvalue weighted by Crippen LogP contribution is -2.34. The van der Waals surface area contributed by atoms with E-state index in [4.69, 9.17) is 17.0 Å². The molecule has 0 aliphatic rings. The minimum Gasteiger partial charge on any atom is -0.493 e. The summed E-state index contributed by atoms with van der Waals surface area (Å²) in [5.41, 5.74) is 1.79. The SMILES string of the molecule is CCCCCC(=O)Nc1cccc(NC(=S)NC(=O)c2ccc(OCC)c(Br)c2)c1. The third-order valence-electron chi connectivity index (χ3n) is 4.13. The van der Waals surface area contributed by atoms with E-state index < -0.39 is 0 Å². The number of ether oxygens (including phenoxy) is 1. The summed E-state index contributed by atoms with van der Waals surface area (Å²) in [6.07, 6.45) is 3.48. The second-order valence-corrected chi connectivity index (χ2v) is 7.84. The van der Waals surface area contributed by atoms with Crippen LogP contribution < -0.4 is 20.7 Å². The van der Waals surface area contributed by atoms with Gasteiger partial charge in [-0.15, -0.1) is 0 Å². The van der Waals surface area contributed by atoms with Gasteiger partial charge >= 0.3 is 0 Å². The zero-order chi connectivity index (χ0) is 21.9. The van der Waals surface area contributed by atoms with E-state index >= 15 is 0 Å². The van der Waals surface area contributed by atoms with Crippen molar-refractivity contribution < 1.29 is 14.3 Å². The Bertz CT molecular complexity index is 905. The highest BCUT2D eigenvalue weighted by Gasteiger charge is 2.11. The molecule has 8 heteroatoms. The summed E-state index contributed by atoms with van der Waals surface area (Å²) in [4.78, 5) is 24.4. The highest BCUT2D eigenvalue weighted by atomic mass is 79.9. The number of unbranched alkanes of at least 4 members (excludes halogenated alkanes) is 2. The van der Waals surface area contributed by atoms with Crippen molar-refractivity contribution in [2.24, 2.45) is 0 Å². The lowest BCUT2D eigenvalue weighted by atomic mass is 10.2. The lowest BCUT2D eigenvalue weighted by molar-refractivity contribution is -0.116. The molecule has 0 bridgehead atoms. The number of benzene rings is 2. The summed E-state index contributed by atoms with van der Waals surface area (Å²) in [7, 11) is 0. The molecule has 0 unspecified atom stereocenters. The molecule has 2 amide bonds. The van der Waals surface area contributed by atoms with E-state index in [1.807, 2.05) is 13.0 Å². The van der Waals surface area contributed by atoms with Gasteiger partial charge in [0.15, 0.2) is 5.11 Å². The summed E-state index contributed by atoms with van der Waals surface area (Å²) in [6.45, 7) is 4.53. The Morgan fingerprint density at radius 2 is 1.77 bits per heavy atom. The number of anilines is 2. The minimum atomic E-state index is -0.336. The topological polar surface area (TPSA) is 79.5 Å². The first kappa shape index (κ1) is 23.8. The number of rotatable bonds is 9. The van der Waals surface area contributed by atoms with Crippen LogP contribution in [0.15, 0.2) is 46.9 Å². The second-order valence-electron chi connectivity index (χ2n) is 6.57. The summed E-state index contributed by atoms with van der Waals surface area (Å²) < 4.78 is 6.14. The average Bonchev–Trinajstić information content (AvgIpc) is 2.70. The van der Waals surface area contributed by atoms with Crippen molar-refractivity contribution in [3.8, 4) is 5.75 Å². The standard InChI is InChI=1S/C22H26BrN3O3S/c1-3-5-6-10-20(27)24-16-8-7-9-17(14-16)25-22(30)26-21(28)15-11-12-19(29-4-2)18(23)13-15/h7-9,11-14H,3-6,10H2,1-2H3,(H,24,27)(H2,25,26,28,30). The largest absolute Gasteiger partial charge is 0.493 e. The van der Waals surface area contributed by atoms with Crippen LogP contribution in [0.5, 0.6) is 5.75 Å². The van der Waals surface area contributed by atoms with Crippen LogP contribution in [0.1, 0.15) is 49.9 Å². The van der Waals surface area contributed by atoms with Gasteiger partial charge in [0.25, 0.3) is 5.91 Å². The lowest BCUT2D eigenvalue weighted by Gasteiger charge is -2.12. The summed E-state index contributed by atoms with van der Waals surface area (Å²) in [6, 6.07) is 12.3. The van der Waals surface area contributed by atoms with E-state index in [9.17, 15) is 9.59 Å². The van der Waals surface area contributed by atoms with Gasteiger partial charge in [-0.3, -0.25) is 14.9 Å². The summed E-state index contributed by atoms with van der Waals surface area (Å²) >= 11 is 8.64. The summed E-state index contributed by atoms with van der Waals surface area (Å²) in [5, 5.41) is 8.66. The van der Waals surface area contributed by atoms with Gasteiger partial charge in [-0.1, -0.05) is 25.8 Å². The molecule has 0 fully saturated rings. The molecule has 6 nitrogen and oxygen atoms in total. The predicted octanol–water partition coefficient (Wildman–Crippen LogP) is 5.49. The van der Waals surface area contributed by atoms with Crippen LogP contribution >= 0.6 is 28.1 Å². The van der Waals surface area contributed by atoms with Crippen LogP contribution in [-0.4, -0.2) is 23.5 Å². The van der Waals surface area contributed by atoms with Crippen molar-refractivity contribution in [2.45, 2.75) is 39.5 Å². The first-order valence-corrected chi connectivity index (χ1v) is 11.1. The zero-order valence-electron chi connectivity index (χ0n) is 17.1. The zero-order valence-corrected chi connectivity index (χ0v) is 19.5. The molecular formula is C22H26BrN3O3S. The van der Waals surface area contributed by atoms with Crippen molar-refractivity contribution in [3.05, 3.63) is 52.5 Å². The van der Waals surface area contributed by atoms with E-state index in [1.54, 1.807) is 36.4 Å². The van der Waals surface area contributed by atoms with Crippen LogP contribution in [0.2, 0.25) is 0 Å². The smallest absolute Gasteiger partial charge is 0.257 e. The van der Waals surface area contributed by atoms with Crippen LogP contribution in [-0.2, 0) is 4.79 Å². The average molecular weight is 492 g/mol. The Balaban J connectivity index is 1.92. The highest BCUT2D eigenvalue weighted by molar-refractivity contribution is 9.10. The van der Waals surface area contributed by atoms with Crippen LogP contribution in [0.25, 0.3) is 0 Å². The number of amides is 2. The van der Waals surface area contributed by atoms with Crippen LogP contribution in [0.4, 0.5) is 11.4 Å². The van der Waals surface area contributed by atoms with E-state index in [0.29, 0.717) is 40.2 Å². The quantitative estimate of drug-likeness (QED) is 0.319. The highest BCUT2D eigenvalue weighted by Crippen LogP contribution is 2.26. The Hall–Kier alpha value is -2.45. The van der Waals surface area contributed by atoms with E-state index in [0.717, 1.165) is 19.3 Å². The van der Waals surface area contributed by atoms with Crippen molar-refractivity contribution in [2.75, 3.05) is 17.2 Å². The summed E-state index contributed by atoms with van der Waals surface area (Å²) in [5.74, 6) is 0.317. The van der Waals surface area contributed by atoms with Crippen molar-refractivity contribution >= 4 is 56.4 Å². The molecule has 30 heavy (non-hydrogen) atoms. The fraction of sp³-hybridized carbons (Fsp3) is 0.318. The maximum atomic E-state index is 12.4. The molecule has 2 rings (SSSR count). The molecule has 0 atom stereocenters. The molecule has 0 saturated carbocycles. The Labute approximate surface area is 190 Å². The molecular weight excluding hydrogens is 466 g/mol. The Morgan fingerprint density at radius 1 is 1.03 bits per heavy atom. The van der Waals surface area contributed by atoms with E-state index in [2.05, 4.69) is 38.8 Å². The molecule has 0 saturated heterocycles. The molecule has 0 radical (unpaired) electrons. The fourth-order valence-corrected chi connectivity index (χ4v) is 3.39. The molecule has 0 spiro atoms. The van der Waals surface area contributed by atoms with Gasteiger partial charge in [0.05, 0.1) is 11.1 Å². The van der Waals surface area contributed by atoms with Crippen LogP contribution in [0.3, 0.4) is 0 Å². The predicted molar refractivity (Wildman–Crippen MR) is 128 cm³/mol. The molecule has 160 valence electrons. The normalized spacial score (nSPS) is 10.2. The fourth-order valence-electron chi connectivity index (χ4n) is 2.69. The van der Waals surface area contributed by atoms with Gasteiger partial charge in [0.1, 0.15) is 5.75 Å². The monoisotopic (exact) mass is 491 g/mol. The van der Waals surface area contributed by atoms with Gasteiger partial charge in [-0.25, -0.2) is 0 Å². The number of nitrogens with one attached hydrogen (secondary N) is 3. The molecule has 2 aromatic rings. The number of halogens is 1. The van der Waals surface area contributed by atoms with Crippen LogP contribution in [0, 0.1) is 0 Å². The van der Waals surface area contributed by atoms with Gasteiger partial charge < -0.3 is 15.4 Å². The number of hydrogen-bond donors (Lipinski definition) is 3. The Morgan fingerprint density at radius 3 is 2.43 bits per heavy atom. The maximum Gasteiger partial charge on any atom is 0.257 e. The number of carbonyl (C=O) groups is 2. The molecule has 2 aromatic carbocycles. The third-order valence-corrected chi connectivity index (χ3v) is 4.96. The van der Waals surface area contributed by atoms with Crippen molar-refractivity contribution in [1.82, 2.24) is 5.32 Å². The van der Waals surface area contributed by atoms with Gasteiger partial charge in [-0.05, 0) is 77.9 Å². The molecule has 0 aliphatic carbocycles. The first-order valence-electron chi connectivity index (χ1n) is 9.87. The van der Waals surface area contributed by atoms with Crippen molar-refractivity contribution in [3.63, 3.8) is 0 Å². The molecule has 3 N–H and O–H groups in total. The number of thiocarbonyl (C=S) groups is 1. The number of carbonyl (C=O) groups excluding carboxylic acids is 2. The van der Waals surface area contributed by atoms with Gasteiger partial charge in [-0.2, -0.15) is 0 Å². The third kappa shape index (κ3) is 7.76. The van der Waals surface area contributed by atoms with Gasteiger partial charge in [0, 0.05) is 23.4 Å². The van der Waals surface area contributed by atoms with E-state index in [-0.39, 0.29) is 16.9 Å². The molecule has 0 heterocycles. The number of hydrogen-bond acceptors (Lipinski definition) is 4. The maximum absolute atomic E-state index is 12.4. The van der Waals surface area contributed by atoms with E-state index in [1.165, 1.54) is 0 Å². The minimum absolute atomic E-state index is 0.0162. The first-order chi connectivity index (χ1) is 14.4. The second kappa shape index (κ2) is 12.3. The Kier molecular flexibility index (Phi) is 9.76. The van der Waals surface area contributed by atoms with Gasteiger partial charge in [0.2, 0.25) is 5.91 Å². The molecule has 0 aliphatic heterocycles. The molecule has 0 aromatic heterocycles.